The number of aryl methyl sites for hydroxylation is 1. The Kier molecular flexibility index (Phi) is 6.14. The van der Waals surface area contributed by atoms with Crippen molar-refractivity contribution < 1.29 is 9.08 Å². The number of nitrogens with zero attached hydrogens (tertiary/aromatic N) is 2. The van der Waals surface area contributed by atoms with E-state index in [1.807, 2.05) is 82.4 Å². The highest BCUT2D eigenvalue weighted by Crippen LogP contribution is 2.34. The molecule has 1 N–H and O–H groups in total. The van der Waals surface area contributed by atoms with Crippen LogP contribution in [0.3, 0.4) is 0 Å². The summed E-state index contributed by atoms with van der Waals surface area (Å²) in [6.45, 7) is 7.92. The first-order chi connectivity index (χ1) is 14.8. The first kappa shape index (κ1) is 21.6. The van der Waals surface area contributed by atoms with Gasteiger partial charge in [-0.25, -0.2) is 0 Å². The summed E-state index contributed by atoms with van der Waals surface area (Å²) < 4.78 is 21.6. The second-order valence-electron chi connectivity index (χ2n) is 8.70. The van der Waals surface area contributed by atoms with Gasteiger partial charge in [-0.3, -0.25) is 4.98 Å². The molecule has 0 radical (unpaired) electrons. The van der Waals surface area contributed by atoms with E-state index in [0.29, 0.717) is 6.42 Å². The highest BCUT2D eigenvalue weighted by atomic mass is 32.2. The lowest BCUT2D eigenvalue weighted by molar-refractivity contribution is 0.459. The molecule has 0 bridgehead atoms. The smallest absolute Gasteiger partial charge is 0.167 e. The molecular formula is C25H27N3O2S. The molecule has 160 valence electrons. The topological polar surface area (TPSA) is 74.0 Å². The summed E-state index contributed by atoms with van der Waals surface area (Å²) >= 11 is -1.25. The average Bonchev–Trinajstić information content (AvgIpc) is 3.18. The molecule has 4 rings (SSSR count). The molecule has 2 heterocycles. The molecule has 0 saturated carbocycles. The quantitative estimate of drug-likeness (QED) is 0.405. The Morgan fingerprint density at radius 3 is 2.52 bits per heavy atom. The highest BCUT2D eigenvalue weighted by Gasteiger charge is 2.31. The molecule has 0 aliphatic carbocycles. The summed E-state index contributed by atoms with van der Waals surface area (Å²) in [5, 5.41) is 5.32. The molecular weight excluding hydrogens is 406 g/mol. The number of para-hydroxylation sites is 1. The number of hydrogen-bond acceptors (Lipinski definition) is 5. The average molecular weight is 434 g/mol. The van der Waals surface area contributed by atoms with Crippen LogP contribution in [0.5, 0.6) is 0 Å². The number of hydrogen-bond donors (Lipinski definition) is 1. The van der Waals surface area contributed by atoms with Crippen molar-refractivity contribution >= 4 is 22.3 Å². The number of rotatable bonds is 6. The normalized spacial score (nSPS) is 14.0. The standard InChI is InChI=1S/C25H27N3O2S/c1-17-13-14-18(26-16-17)15-22(28-31(29)25(2,3)4)19-9-5-6-10-20(19)24-21-11-7-8-12-23(21)30-27-24/h5-14,16,22,28H,15H2,1-4H3. The van der Waals surface area contributed by atoms with Gasteiger partial charge in [0.05, 0.1) is 6.04 Å². The lowest BCUT2D eigenvalue weighted by Gasteiger charge is -2.29. The molecule has 2 aromatic heterocycles. The van der Waals surface area contributed by atoms with E-state index < -0.39 is 16.1 Å². The molecule has 0 aliphatic heterocycles. The number of benzene rings is 2. The molecule has 0 saturated heterocycles. The van der Waals surface area contributed by atoms with Crippen LogP contribution >= 0.6 is 0 Å². The van der Waals surface area contributed by atoms with E-state index in [4.69, 9.17) is 4.52 Å². The SMILES string of the molecule is Cc1ccc(CC(N[S+]([O-])C(C)(C)C)c2ccccc2-c2noc3ccccc23)nc1. The minimum atomic E-state index is -1.25. The van der Waals surface area contributed by atoms with Gasteiger partial charge in [0.15, 0.2) is 5.58 Å². The molecule has 6 heteroatoms. The van der Waals surface area contributed by atoms with Gasteiger partial charge >= 0.3 is 0 Å². The lowest BCUT2D eigenvalue weighted by atomic mass is 9.94. The van der Waals surface area contributed by atoms with Gasteiger partial charge in [-0.2, -0.15) is 0 Å². The van der Waals surface area contributed by atoms with Crippen LogP contribution in [0.1, 0.15) is 43.6 Å². The maximum absolute atomic E-state index is 13.0. The second kappa shape index (κ2) is 8.83. The highest BCUT2D eigenvalue weighted by molar-refractivity contribution is 7.90. The van der Waals surface area contributed by atoms with Crippen LogP contribution in [0, 0.1) is 6.92 Å². The van der Waals surface area contributed by atoms with E-state index >= 15 is 0 Å². The zero-order chi connectivity index (χ0) is 22.0. The predicted molar refractivity (Wildman–Crippen MR) is 126 cm³/mol. The summed E-state index contributed by atoms with van der Waals surface area (Å²) in [7, 11) is 0. The third-order valence-electron chi connectivity index (χ3n) is 5.16. The number of fused-ring (bicyclic) bond motifs is 1. The number of nitrogens with one attached hydrogen (secondary N) is 1. The molecule has 0 amide bonds. The molecule has 4 aromatic rings. The van der Waals surface area contributed by atoms with E-state index in [1.54, 1.807) is 0 Å². The maximum Gasteiger partial charge on any atom is 0.167 e. The molecule has 2 aromatic carbocycles. The van der Waals surface area contributed by atoms with Crippen molar-refractivity contribution in [3.63, 3.8) is 0 Å². The number of aromatic nitrogens is 2. The van der Waals surface area contributed by atoms with Gasteiger partial charge in [-0.15, -0.1) is 4.72 Å². The van der Waals surface area contributed by atoms with Gasteiger partial charge in [0.2, 0.25) is 0 Å². The Bertz CT molecular complexity index is 1170. The predicted octanol–water partition coefficient (Wildman–Crippen LogP) is 5.53. The molecule has 0 fully saturated rings. The Balaban J connectivity index is 1.78. The van der Waals surface area contributed by atoms with Crippen LogP contribution in [0.2, 0.25) is 0 Å². The van der Waals surface area contributed by atoms with Gasteiger partial charge in [0.25, 0.3) is 0 Å². The van der Waals surface area contributed by atoms with Crippen molar-refractivity contribution in [1.82, 2.24) is 14.9 Å². The Hall–Kier alpha value is -2.67. The minimum absolute atomic E-state index is 0.207. The molecule has 2 atom stereocenters. The Labute approximate surface area is 186 Å². The minimum Gasteiger partial charge on any atom is -0.598 e. The molecule has 2 unspecified atom stereocenters. The van der Waals surface area contributed by atoms with E-state index in [-0.39, 0.29) is 6.04 Å². The largest absolute Gasteiger partial charge is 0.598 e. The van der Waals surface area contributed by atoms with Crippen LogP contribution < -0.4 is 4.72 Å². The van der Waals surface area contributed by atoms with Crippen molar-refractivity contribution in [2.75, 3.05) is 0 Å². The van der Waals surface area contributed by atoms with Crippen molar-refractivity contribution in [2.24, 2.45) is 0 Å². The Morgan fingerprint density at radius 2 is 1.77 bits per heavy atom. The third kappa shape index (κ3) is 4.82. The van der Waals surface area contributed by atoms with Crippen molar-refractivity contribution in [1.29, 1.82) is 0 Å². The van der Waals surface area contributed by atoms with Crippen LogP contribution in [-0.2, 0) is 17.8 Å². The van der Waals surface area contributed by atoms with Crippen molar-refractivity contribution in [3.05, 3.63) is 83.7 Å². The molecule has 5 nitrogen and oxygen atoms in total. The van der Waals surface area contributed by atoms with Gasteiger partial charge in [0, 0.05) is 40.6 Å². The van der Waals surface area contributed by atoms with E-state index in [1.165, 1.54) is 0 Å². The summed E-state index contributed by atoms with van der Waals surface area (Å²) in [5.41, 5.74) is 5.56. The monoisotopic (exact) mass is 433 g/mol. The van der Waals surface area contributed by atoms with Crippen molar-refractivity contribution in [3.8, 4) is 11.3 Å². The fourth-order valence-corrected chi connectivity index (χ4v) is 4.27. The lowest BCUT2D eigenvalue weighted by Crippen LogP contribution is -2.42. The van der Waals surface area contributed by atoms with E-state index in [2.05, 4.69) is 27.0 Å². The molecule has 31 heavy (non-hydrogen) atoms. The van der Waals surface area contributed by atoms with Crippen LogP contribution in [0.25, 0.3) is 22.2 Å². The number of pyridine rings is 1. The first-order valence-electron chi connectivity index (χ1n) is 10.4. The molecule has 0 aliphatic rings. The second-order valence-corrected chi connectivity index (χ2v) is 10.7. The fraction of sp³-hybridized carbons (Fsp3) is 0.280. The van der Waals surface area contributed by atoms with Gasteiger partial charge < -0.3 is 9.08 Å². The zero-order valence-corrected chi connectivity index (χ0v) is 19.1. The summed E-state index contributed by atoms with van der Waals surface area (Å²) in [6, 6.07) is 19.8. The van der Waals surface area contributed by atoms with Gasteiger partial charge in [-0.1, -0.05) is 47.6 Å². The first-order valence-corrected chi connectivity index (χ1v) is 11.5. The summed E-state index contributed by atoms with van der Waals surface area (Å²) in [6.07, 6.45) is 2.47. The third-order valence-corrected chi connectivity index (χ3v) is 6.77. The maximum atomic E-state index is 13.0. The van der Waals surface area contributed by atoms with Crippen molar-refractivity contribution in [2.45, 2.75) is 44.9 Å². The van der Waals surface area contributed by atoms with Gasteiger partial charge in [0.1, 0.15) is 10.4 Å². The summed E-state index contributed by atoms with van der Waals surface area (Å²) in [4.78, 5) is 4.58. The fourth-order valence-electron chi connectivity index (χ4n) is 3.45. The van der Waals surface area contributed by atoms with Crippen LogP contribution in [0.4, 0.5) is 0 Å². The van der Waals surface area contributed by atoms with E-state index in [9.17, 15) is 4.55 Å². The van der Waals surface area contributed by atoms with Gasteiger partial charge in [-0.05, 0) is 57.0 Å². The van der Waals surface area contributed by atoms with Crippen LogP contribution in [0.15, 0.2) is 71.4 Å². The molecule has 0 spiro atoms. The zero-order valence-electron chi connectivity index (χ0n) is 18.3. The Morgan fingerprint density at radius 1 is 1.03 bits per heavy atom. The van der Waals surface area contributed by atoms with E-state index in [0.717, 1.165) is 39.0 Å². The summed E-state index contributed by atoms with van der Waals surface area (Å²) in [5.74, 6) is 0. The van der Waals surface area contributed by atoms with Crippen LogP contribution in [-0.4, -0.2) is 19.4 Å².